The first-order valence-electron chi connectivity index (χ1n) is 6.34. The summed E-state index contributed by atoms with van der Waals surface area (Å²) in [7, 11) is 2.07. The van der Waals surface area contributed by atoms with Crippen LogP contribution in [-0.2, 0) is 4.79 Å². The predicted octanol–water partition coefficient (Wildman–Crippen LogP) is -0.489. The van der Waals surface area contributed by atoms with Crippen LogP contribution in [0.3, 0.4) is 0 Å². The summed E-state index contributed by atoms with van der Waals surface area (Å²) in [6.07, 6.45) is 0.683. The molecule has 2 N–H and O–H groups in total. The molecule has 1 amide bonds. The topological polar surface area (TPSA) is 55.8 Å². The molecule has 5 heteroatoms. The number of nitrogens with one attached hydrogen (secondary N) is 1. The monoisotopic (exact) mass is 243 g/mol. The fraction of sp³-hybridized carbons (Fsp3) is 0.917. The largest absolute Gasteiger partial charge is 0.389 e. The summed E-state index contributed by atoms with van der Waals surface area (Å²) in [4.78, 5) is 15.9. The Labute approximate surface area is 104 Å². The average Bonchev–Trinajstić information content (AvgIpc) is 2.29. The Morgan fingerprint density at radius 2 is 1.94 bits per heavy atom. The van der Waals surface area contributed by atoms with Crippen molar-refractivity contribution in [3.8, 4) is 0 Å². The molecule has 0 aromatic heterocycles. The number of amides is 1. The van der Waals surface area contributed by atoms with Crippen molar-refractivity contribution in [3.63, 3.8) is 0 Å². The van der Waals surface area contributed by atoms with Gasteiger partial charge < -0.3 is 20.2 Å². The van der Waals surface area contributed by atoms with E-state index in [2.05, 4.69) is 17.3 Å². The Bertz CT molecular complexity index is 248. The molecule has 17 heavy (non-hydrogen) atoms. The molecule has 0 spiro atoms. The van der Waals surface area contributed by atoms with Crippen LogP contribution in [-0.4, -0.2) is 72.7 Å². The van der Waals surface area contributed by atoms with Gasteiger partial charge in [-0.25, -0.2) is 0 Å². The van der Waals surface area contributed by atoms with Crippen LogP contribution in [0.1, 0.15) is 20.3 Å². The fourth-order valence-electron chi connectivity index (χ4n) is 1.73. The summed E-state index contributed by atoms with van der Waals surface area (Å²) in [5.41, 5.74) is -0.720. The van der Waals surface area contributed by atoms with E-state index in [1.807, 2.05) is 11.8 Å². The zero-order valence-electron chi connectivity index (χ0n) is 11.2. The Kier molecular flexibility index (Phi) is 5.36. The molecule has 0 aromatic carbocycles. The van der Waals surface area contributed by atoms with Gasteiger partial charge >= 0.3 is 0 Å². The van der Waals surface area contributed by atoms with Gasteiger partial charge in [-0.15, -0.1) is 0 Å². The van der Waals surface area contributed by atoms with Crippen molar-refractivity contribution in [1.82, 2.24) is 15.1 Å². The van der Waals surface area contributed by atoms with E-state index in [0.29, 0.717) is 19.5 Å². The average molecular weight is 243 g/mol. The van der Waals surface area contributed by atoms with Crippen molar-refractivity contribution in [3.05, 3.63) is 0 Å². The van der Waals surface area contributed by atoms with Crippen LogP contribution in [0.25, 0.3) is 0 Å². The Balaban J connectivity index is 2.21. The van der Waals surface area contributed by atoms with Gasteiger partial charge in [-0.3, -0.25) is 4.79 Å². The lowest BCUT2D eigenvalue weighted by molar-refractivity contribution is -0.131. The van der Waals surface area contributed by atoms with Crippen molar-refractivity contribution in [2.45, 2.75) is 25.9 Å². The van der Waals surface area contributed by atoms with Gasteiger partial charge in [0.25, 0.3) is 0 Å². The number of piperazine rings is 1. The molecule has 1 rings (SSSR count). The highest BCUT2D eigenvalue weighted by molar-refractivity contribution is 5.78. The third-order valence-electron chi connectivity index (χ3n) is 3.40. The lowest BCUT2D eigenvalue weighted by Gasteiger charge is -2.32. The lowest BCUT2D eigenvalue weighted by atomic mass is 10.0. The Morgan fingerprint density at radius 3 is 2.47 bits per heavy atom. The van der Waals surface area contributed by atoms with Gasteiger partial charge in [0.1, 0.15) is 0 Å². The van der Waals surface area contributed by atoms with Crippen LogP contribution in [0.15, 0.2) is 0 Å². The smallest absolute Gasteiger partial charge is 0.236 e. The molecule has 5 nitrogen and oxygen atoms in total. The molecule has 0 bridgehead atoms. The summed E-state index contributed by atoms with van der Waals surface area (Å²) in [6.45, 7) is 7.99. The minimum Gasteiger partial charge on any atom is -0.389 e. The van der Waals surface area contributed by atoms with Crippen molar-refractivity contribution in [1.29, 1.82) is 0 Å². The molecule has 1 saturated heterocycles. The molecule has 1 aliphatic rings. The third-order valence-corrected chi connectivity index (χ3v) is 3.40. The quantitative estimate of drug-likeness (QED) is 0.684. The standard InChI is InChI=1S/C12H25N3O2/c1-4-12(2,17)10-13-9-11(16)15-7-5-14(3)6-8-15/h13,17H,4-10H2,1-3H3. The third kappa shape index (κ3) is 5.02. The van der Waals surface area contributed by atoms with E-state index in [4.69, 9.17) is 0 Å². The predicted molar refractivity (Wildman–Crippen MR) is 67.9 cm³/mol. The van der Waals surface area contributed by atoms with Gasteiger partial charge in [0.2, 0.25) is 5.91 Å². The second kappa shape index (κ2) is 6.33. The SMILES string of the molecule is CCC(C)(O)CNCC(=O)N1CCN(C)CC1. The molecule has 100 valence electrons. The van der Waals surface area contributed by atoms with Gasteiger partial charge in [0.15, 0.2) is 0 Å². The molecule has 0 saturated carbocycles. The van der Waals surface area contributed by atoms with Crippen LogP contribution >= 0.6 is 0 Å². The zero-order chi connectivity index (χ0) is 12.9. The summed E-state index contributed by atoms with van der Waals surface area (Å²) in [6, 6.07) is 0. The second-order valence-electron chi connectivity index (χ2n) is 5.14. The molecular weight excluding hydrogens is 218 g/mol. The van der Waals surface area contributed by atoms with Crippen LogP contribution in [0.4, 0.5) is 0 Å². The van der Waals surface area contributed by atoms with Gasteiger partial charge in [-0.2, -0.15) is 0 Å². The zero-order valence-corrected chi connectivity index (χ0v) is 11.2. The fourth-order valence-corrected chi connectivity index (χ4v) is 1.73. The number of carbonyl (C=O) groups is 1. The maximum atomic E-state index is 11.8. The number of hydrogen-bond acceptors (Lipinski definition) is 4. The Morgan fingerprint density at radius 1 is 1.35 bits per heavy atom. The van der Waals surface area contributed by atoms with Crippen LogP contribution in [0.2, 0.25) is 0 Å². The first-order valence-corrected chi connectivity index (χ1v) is 6.34. The molecule has 0 aromatic rings. The number of aliphatic hydroxyl groups is 1. The maximum absolute atomic E-state index is 11.8. The summed E-state index contributed by atoms with van der Waals surface area (Å²) in [5, 5.41) is 12.8. The minimum atomic E-state index is -0.720. The maximum Gasteiger partial charge on any atom is 0.236 e. The van der Waals surface area contributed by atoms with Gasteiger partial charge in [0, 0.05) is 32.7 Å². The first-order chi connectivity index (χ1) is 7.94. The van der Waals surface area contributed by atoms with Gasteiger partial charge in [-0.05, 0) is 20.4 Å². The van der Waals surface area contributed by atoms with E-state index in [0.717, 1.165) is 26.2 Å². The van der Waals surface area contributed by atoms with E-state index in [1.54, 1.807) is 6.92 Å². The highest BCUT2D eigenvalue weighted by Crippen LogP contribution is 2.05. The highest BCUT2D eigenvalue weighted by Gasteiger charge is 2.20. The molecular formula is C12H25N3O2. The summed E-state index contributed by atoms with van der Waals surface area (Å²) < 4.78 is 0. The van der Waals surface area contributed by atoms with E-state index in [-0.39, 0.29) is 5.91 Å². The van der Waals surface area contributed by atoms with E-state index in [9.17, 15) is 9.90 Å². The molecule has 0 aliphatic carbocycles. The van der Waals surface area contributed by atoms with Crippen molar-refractivity contribution >= 4 is 5.91 Å². The van der Waals surface area contributed by atoms with Gasteiger partial charge in [0.05, 0.1) is 12.1 Å². The van der Waals surface area contributed by atoms with Gasteiger partial charge in [-0.1, -0.05) is 6.92 Å². The van der Waals surface area contributed by atoms with E-state index >= 15 is 0 Å². The van der Waals surface area contributed by atoms with Crippen LogP contribution < -0.4 is 5.32 Å². The van der Waals surface area contributed by atoms with E-state index < -0.39 is 5.60 Å². The van der Waals surface area contributed by atoms with Crippen molar-refractivity contribution < 1.29 is 9.90 Å². The number of carbonyl (C=O) groups excluding carboxylic acids is 1. The number of rotatable bonds is 5. The highest BCUT2D eigenvalue weighted by atomic mass is 16.3. The second-order valence-corrected chi connectivity index (χ2v) is 5.14. The molecule has 1 heterocycles. The molecule has 1 aliphatic heterocycles. The van der Waals surface area contributed by atoms with E-state index in [1.165, 1.54) is 0 Å². The molecule has 0 radical (unpaired) electrons. The number of hydrogen-bond donors (Lipinski definition) is 2. The number of nitrogens with zero attached hydrogens (tertiary/aromatic N) is 2. The van der Waals surface area contributed by atoms with Crippen LogP contribution in [0, 0.1) is 0 Å². The summed E-state index contributed by atoms with van der Waals surface area (Å²) >= 11 is 0. The van der Waals surface area contributed by atoms with Crippen LogP contribution in [0.5, 0.6) is 0 Å². The molecule has 1 fully saturated rings. The van der Waals surface area contributed by atoms with Crippen molar-refractivity contribution in [2.75, 3.05) is 46.3 Å². The molecule has 1 unspecified atom stereocenters. The van der Waals surface area contributed by atoms with Crippen molar-refractivity contribution in [2.24, 2.45) is 0 Å². The Hall–Kier alpha value is -0.650. The first kappa shape index (κ1) is 14.4. The molecule has 1 atom stereocenters. The normalized spacial score (nSPS) is 21.3. The minimum absolute atomic E-state index is 0.130. The lowest BCUT2D eigenvalue weighted by Crippen LogP contribution is -2.50. The number of likely N-dealkylation sites (N-methyl/N-ethyl adjacent to an activating group) is 1. The summed E-state index contributed by atoms with van der Waals surface area (Å²) in [5.74, 6) is 0.130.